The van der Waals surface area contributed by atoms with E-state index in [2.05, 4.69) is 0 Å². The molecule has 0 N–H and O–H groups in total. The molecule has 32 heavy (non-hydrogen) atoms. The molecule has 1 heterocycles. The summed E-state index contributed by atoms with van der Waals surface area (Å²) in [6.07, 6.45) is -2.47. The van der Waals surface area contributed by atoms with E-state index in [-0.39, 0.29) is 23.0 Å². The van der Waals surface area contributed by atoms with E-state index in [0.717, 1.165) is 24.5 Å². The summed E-state index contributed by atoms with van der Waals surface area (Å²) >= 11 is 0. The minimum absolute atomic E-state index is 0.0439. The fraction of sp³-hybridized carbons (Fsp3) is 0.308. The second kappa shape index (κ2) is 8.77. The molecule has 0 unspecified atom stereocenters. The number of alkyl halides is 3. The van der Waals surface area contributed by atoms with E-state index in [4.69, 9.17) is 0 Å². The van der Waals surface area contributed by atoms with Gasteiger partial charge in [0.25, 0.3) is 5.91 Å². The van der Waals surface area contributed by atoms with E-state index in [1.165, 1.54) is 18.2 Å². The number of fused-ring (bicyclic) bond motifs is 1. The maximum absolute atomic E-state index is 13.4. The average Bonchev–Trinajstić information content (AvgIpc) is 2.82. The van der Waals surface area contributed by atoms with Crippen LogP contribution in [0.15, 0.2) is 60.7 Å². The number of halogens is 3. The van der Waals surface area contributed by atoms with Crippen LogP contribution >= 0.6 is 0 Å². The van der Waals surface area contributed by atoms with Crippen LogP contribution in [0.4, 0.5) is 13.2 Å². The first-order valence-electron chi connectivity index (χ1n) is 10.8. The highest BCUT2D eigenvalue weighted by Crippen LogP contribution is 2.36. The third kappa shape index (κ3) is 4.27. The summed E-state index contributed by atoms with van der Waals surface area (Å²) in [5.41, 5.74) is 1.42. The Balaban J connectivity index is 1.50. The van der Waals surface area contributed by atoms with Crippen molar-refractivity contribution in [3.05, 3.63) is 82.9 Å². The van der Waals surface area contributed by atoms with Crippen LogP contribution in [0.3, 0.4) is 0 Å². The average molecular weight is 439 g/mol. The molecule has 0 radical (unpaired) electrons. The molecule has 0 saturated carbocycles. The summed E-state index contributed by atoms with van der Waals surface area (Å²) < 4.78 is 40.2. The van der Waals surface area contributed by atoms with Crippen LogP contribution in [0.5, 0.6) is 0 Å². The quantitative estimate of drug-likeness (QED) is 0.437. The molecule has 0 atom stereocenters. The highest BCUT2D eigenvalue weighted by atomic mass is 19.4. The van der Waals surface area contributed by atoms with Crippen LogP contribution in [0.1, 0.15) is 63.9 Å². The Morgan fingerprint density at radius 1 is 0.906 bits per heavy atom. The molecule has 3 nitrogen and oxygen atoms in total. The Labute approximate surface area is 184 Å². The molecule has 4 rings (SSSR count). The summed E-state index contributed by atoms with van der Waals surface area (Å²) in [6, 6.07) is 16.2. The van der Waals surface area contributed by atoms with Crippen molar-refractivity contribution < 1.29 is 22.8 Å². The number of benzene rings is 3. The Bertz CT molecular complexity index is 1140. The number of rotatable bonds is 4. The van der Waals surface area contributed by atoms with E-state index < -0.39 is 11.7 Å². The van der Waals surface area contributed by atoms with Crippen molar-refractivity contribution in [2.75, 3.05) is 13.1 Å². The number of likely N-dealkylation sites (tertiary alicyclic amines) is 1. The molecule has 6 heteroatoms. The fourth-order valence-corrected chi connectivity index (χ4v) is 4.48. The van der Waals surface area contributed by atoms with E-state index in [0.29, 0.717) is 36.0 Å². The zero-order valence-electron chi connectivity index (χ0n) is 17.8. The van der Waals surface area contributed by atoms with Gasteiger partial charge in [0.1, 0.15) is 0 Å². The van der Waals surface area contributed by atoms with Gasteiger partial charge in [-0.2, -0.15) is 13.2 Å². The number of piperidine rings is 1. The van der Waals surface area contributed by atoms with Crippen molar-refractivity contribution >= 4 is 22.5 Å². The van der Waals surface area contributed by atoms with Crippen molar-refractivity contribution in [3.8, 4) is 0 Å². The first kappa shape index (κ1) is 22.1. The van der Waals surface area contributed by atoms with Gasteiger partial charge >= 0.3 is 6.18 Å². The number of amides is 1. The molecule has 1 aliphatic heterocycles. The molecule has 3 aromatic rings. The molecule has 1 aliphatic rings. The van der Waals surface area contributed by atoms with E-state index >= 15 is 0 Å². The smallest absolute Gasteiger partial charge is 0.339 e. The van der Waals surface area contributed by atoms with Crippen molar-refractivity contribution in [1.82, 2.24) is 4.90 Å². The lowest BCUT2D eigenvalue weighted by Crippen LogP contribution is -2.38. The van der Waals surface area contributed by atoms with Crippen LogP contribution in [0.2, 0.25) is 0 Å². The van der Waals surface area contributed by atoms with Crippen LogP contribution in [0, 0.1) is 0 Å². The van der Waals surface area contributed by atoms with Crippen LogP contribution < -0.4 is 0 Å². The largest absolute Gasteiger partial charge is 0.417 e. The third-order valence-corrected chi connectivity index (χ3v) is 6.27. The monoisotopic (exact) mass is 439 g/mol. The van der Waals surface area contributed by atoms with Crippen molar-refractivity contribution in [3.63, 3.8) is 0 Å². The fourth-order valence-electron chi connectivity index (χ4n) is 4.48. The number of hydrogen-bond donors (Lipinski definition) is 0. The maximum atomic E-state index is 13.4. The SMILES string of the molecule is CCC(=O)c1ccc(C2CCN(C(=O)c3cccc4c(C(F)(F)F)cccc34)CC2)cc1. The van der Waals surface area contributed by atoms with Gasteiger partial charge in [-0.05, 0) is 47.2 Å². The molecule has 1 amide bonds. The molecular formula is C26H24F3NO2. The van der Waals surface area contributed by atoms with Crippen LogP contribution in [-0.2, 0) is 6.18 Å². The topological polar surface area (TPSA) is 37.4 Å². The van der Waals surface area contributed by atoms with Gasteiger partial charge in [-0.15, -0.1) is 0 Å². The Hall–Kier alpha value is -3.15. The standard InChI is InChI=1S/C26H24F3NO2/c1-2-24(31)19-11-9-17(10-12-19)18-13-15-30(16-14-18)25(32)22-7-3-6-21-20(22)5-4-8-23(21)26(27,28)29/h3-12,18H,2,13-16H2,1H3. The summed E-state index contributed by atoms with van der Waals surface area (Å²) in [5.74, 6) is 0.159. The van der Waals surface area contributed by atoms with Crippen molar-refractivity contribution in [1.29, 1.82) is 0 Å². The van der Waals surface area contributed by atoms with Crippen molar-refractivity contribution in [2.45, 2.75) is 38.3 Å². The molecule has 3 aromatic carbocycles. The maximum Gasteiger partial charge on any atom is 0.417 e. The number of ketones is 1. The van der Waals surface area contributed by atoms with Gasteiger partial charge < -0.3 is 4.90 Å². The Morgan fingerprint density at radius 2 is 1.53 bits per heavy atom. The van der Waals surface area contributed by atoms with Crippen LogP contribution in [0.25, 0.3) is 10.8 Å². The third-order valence-electron chi connectivity index (χ3n) is 6.27. The molecule has 166 valence electrons. The molecule has 0 aromatic heterocycles. The van der Waals surface area contributed by atoms with E-state index in [1.54, 1.807) is 17.0 Å². The first-order valence-corrected chi connectivity index (χ1v) is 10.8. The molecule has 1 saturated heterocycles. The first-order chi connectivity index (χ1) is 15.3. The van der Waals surface area contributed by atoms with E-state index in [9.17, 15) is 22.8 Å². The van der Waals surface area contributed by atoms with Gasteiger partial charge in [0.2, 0.25) is 0 Å². The van der Waals surface area contributed by atoms with Gasteiger partial charge in [0, 0.05) is 30.6 Å². The Kier molecular flexibility index (Phi) is 6.04. The zero-order valence-corrected chi connectivity index (χ0v) is 17.8. The van der Waals surface area contributed by atoms with Gasteiger partial charge in [-0.3, -0.25) is 9.59 Å². The van der Waals surface area contributed by atoms with Crippen molar-refractivity contribution in [2.24, 2.45) is 0 Å². The molecular weight excluding hydrogens is 415 g/mol. The van der Waals surface area contributed by atoms with Gasteiger partial charge in [-0.1, -0.05) is 55.5 Å². The zero-order chi connectivity index (χ0) is 22.9. The lowest BCUT2D eigenvalue weighted by molar-refractivity contribution is -0.136. The predicted octanol–water partition coefficient (Wildman–Crippen LogP) is 6.47. The number of hydrogen-bond acceptors (Lipinski definition) is 2. The van der Waals surface area contributed by atoms with Gasteiger partial charge in [0.05, 0.1) is 5.56 Å². The lowest BCUT2D eigenvalue weighted by Gasteiger charge is -2.32. The molecule has 1 fully saturated rings. The van der Waals surface area contributed by atoms with Crippen LogP contribution in [-0.4, -0.2) is 29.7 Å². The minimum atomic E-state index is -4.48. The second-order valence-corrected chi connectivity index (χ2v) is 8.17. The Morgan fingerprint density at radius 3 is 2.16 bits per heavy atom. The minimum Gasteiger partial charge on any atom is -0.339 e. The summed E-state index contributed by atoms with van der Waals surface area (Å²) in [6.45, 7) is 2.91. The summed E-state index contributed by atoms with van der Waals surface area (Å²) in [7, 11) is 0. The normalized spacial score (nSPS) is 15.2. The number of nitrogens with zero attached hydrogens (tertiary/aromatic N) is 1. The molecule has 0 aliphatic carbocycles. The van der Waals surface area contributed by atoms with Gasteiger partial charge in [-0.25, -0.2) is 0 Å². The number of carbonyl (C=O) groups excluding carboxylic acids is 2. The predicted molar refractivity (Wildman–Crippen MR) is 118 cm³/mol. The molecule has 0 spiro atoms. The summed E-state index contributed by atoms with van der Waals surface area (Å²) in [4.78, 5) is 26.7. The molecule has 0 bridgehead atoms. The lowest BCUT2D eigenvalue weighted by atomic mass is 9.88. The highest BCUT2D eigenvalue weighted by Gasteiger charge is 2.33. The van der Waals surface area contributed by atoms with E-state index in [1.807, 2.05) is 31.2 Å². The van der Waals surface area contributed by atoms with Gasteiger partial charge in [0.15, 0.2) is 5.78 Å². The number of carbonyl (C=O) groups is 2. The summed E-state index contributed by atoms with van der Waals surface area (Å²) in [5, 5.41) is 0.369. The highest BCUT2D eigenvalue weighted by molar-refractivity contribution is 6.07. The number of Topliss-reactive ketones (excluding diaryl/α,β-unsaturated/α-hetero) is 1. The second-order valence-electron chi connectivity index (χ2n) is 8.17.